The van der Waals surface area contributed by atoms with Gasteiger partial charge in [-0.2, -0.15) is 0 Å². The maximum atomic E-state index is 12.9. The van der Waals surface area contributed by atoms with E-state index in [9.17, 15) is 9.59 Å². The van der Waals surface area contributed by atoms with Gasteiger partial charge in [0.25, 0.3) is 5.91 Å². The van der Waals surface area contributed by atoms with E-state index in [0.717, 1.165) is 32.0 Å². The molecule has 3 aliphatic rings. The zero-order chi connectivity index (χ0) is 17.6. The molecule has 1 fully saturated rings. The molecule has 0 N–H and O–H groups in total. The molecule has 0 radical (unpaired) electrons. The molecule has 7 heteroatoms. The van der Waals surface area contributed by atoms with Crippen LogP contribution in [-0.4, -0.2) is 75.7 Å². The van der Waals surface area contributed by atoms with Crippen molar-refractivity contribution in [2.75, 3.05) is 26.7 Å². The SMILES string of the molecule is CCCN1C(=O)C2C(=NC3=[N+](Cc4ccccc4)CCN32)N(C)C1=O. The van der Waals surface area contributed by atoms with Crippen molar-refractivity contribution in [1.82, 2.24) is 14.7 Å². The molecule has 0 spiro atoms. The van der Waals surface area contributed by atoms with Crippen molar-refractivity contribution in [1.29, 1.82) is 0 Å². The summed E-state index contributed by atoms with van der Waals surface area (Å²) < 4.78 is 2.18. The summed E-state index contributed by atoms with van der Waals surface area (Å²) in [5.41, 5.74) is 1.20. The molecule has 1 atom stereocenters. The number of nitrogens with zero attached hydrogens (tertiary/aromatic N) is 5. The fourth-order valence-corrected chi connectivity index (χ4v) is 3.70. The Hall–Kier alpha value is -2.70. The van der Waals surface area contributed by atoms with Gasteiger partial charge in [0.05, 0.1) is 19.6 Å². The maximum absolute atomic E-state index is 12.9. The number of benzene rings is 1. The van der Waals surface area contributed by atoms with Crippen molar-refractivity contribution < 1.29 is 14.2 Å². The predicted molar refractivity (Wildman–Crippen MR) is 93.4 cm³/mol. The number of amidine groups is 1. The highest BCUT2D eigenvalue weighted by Gasteiger charge is 2.57. The number of imide groups is 1. The molecule has 0 bridgehead atoms. The molecule has 1 saturated heterocycles. The molecule has 4 rings (SSSR count). The molecule has 0 aliphatic carbocycles. The minimum absolute atomic E-state index is 0.153. The Kier molecular flexibility index (Phi) is 3.78. The summed E-state index contributed by atoms with van der Waals surface area (Å²) in [5.74, 6) is 1.20. The van der Waals surface area contributed by atoms with Crippen LogP contribution in [0.2, 0.25) is 0 Å². The average molecular weight is 340 g/mol. The molecule has 3 aliphatic heterocycles. The van der Waals surface area contributed by atoms with Gasteiger partial charge in [0.15, 0.2) is 0 Å². The molecule has 130 valence electrons. The number of aliphatic imine (C=N–C) groups is 1. The number of hydrogen-bond donors (Lipinski definition) is 0. The zero-order valence-corrected chi connectivity index (χ0v) is 14.6. The zero-order valence-electron chi connectivity index (χ0n) is 14.6. The van der Waals surface area contributed by atoms with E-state index >= 15 is 0 Å². The van der Waals surface area contributed by atoms with Gasteiger partial charge in [0.2, 0.25) is 11.9 Å². The molecule has 3 heterocycles. The Bertz CT molecular complexity index is 786. The second kappa shape index (κ2) is 5.98. The largest absolute Gasteiger partial charge is 0.392 e. The fraction of sp³-hybridized carbons (Fsp3) is 0.444. The van der Waals surface area contributed by atoms with Gasteiger partial charge < -0.3 is 0 Å². The molecule has 1 aromatic rings. The molecule has 7 nitrogen and oxygen atoms in total. The highest BCUT2D eigenvalue weighted by molar-refractivity contribution is 6.25. The topological polar surface area (TPSA) is 59.2 Å². The molecule has 0 aromatic heterocycles. The van der Waals surface area contributed by atoms with E-state index in [-0.39, 0.29) is 11.9 Å². The lowest BCUT2D eigenvalue weighted by Gasteiger charge is -2.34. The lowest BCUT2D eigenvalue weighted by Crippen LogP contribution is -2.63. The second-order valence-electron chi connectivity index (χ2n) is 6.60. The summed E-state index contributed by atoms with van der Waals surface area (Å²) >= 11 is 0. The van der Waals surface area contributed by atoms with Crippen molar-refractivity contribution in [3.8, 4) is 0 Å². The lowest BCUT2D eigenvalue weighted by atomic mass is 10.1. The van der Waals surface area contributed by atoms with E-state index in [1.165, 1.54) is 15.4 Å². The number of carbonyl (C=O) groups excluding carboxylic acids is 2. The number of fused-ring (bicyclic) bond motifs is 3. The van der Waals surface area contributed by atoms with Crippen molar-refractivity contribution in [3.63, 3.8) is 0 Å². The lowest BCUT2D eigenvalue weighted by molar-refractivity contribution is -0.535. The molecule has 1 aromatic carbocycles. The highest BCUT2D eigenvalue weighted by atomic mass is 16.2. The number of urea groups is 1. The van der Waals surface area contributed by atoms with Crippen LogP contribution in [-0.2, 0) is 11.3 Å². The molecule has 0 saturated carbocycles. The average Bonchev–Trinajstić information content (AvgIpc) is 3.18. The third-order valence-corrected chi connectivity index (χ3v) is 4.95. The fourth-order valence-electron chi connectivity index (χ4n) is 3.70. The van der Waals surface area contributed by atoms with Gasteiger partial charge in [0, 0.05) is 13.6 Å². The van der Waals surface area contributed by atoms with E-state index in [4.69, 9.17) is 0 Å². The Morgan fingerprint density at radius 2 is 2.00 bits per heavy atom. The van der Waals surface area contributed by atoms with Crippen LogP contribution < -0.4 is 0 Å². The number of guanidine groups is 1. The van der Waals surface area contributed by atoms with E-state index in [2.05, 4.69) is 21.7 Å². The Morgan fingerprint density at radius 3 is 2.72 bits per heavy atom. The van der Waals surface area contributed by atoms with Crippen molar-refractivity contribution >= 4 is 23.7 Å². The Morgan fingerprint density at radius 1 is 1.24 bits per heavy atom. The first-order valence-corrected chi connectivity index (χ1v) is 8.72. The van der Waals surface area contributed by atoms with Gasteiger partial charge in [-0.15, -0.1) is 0 Å². The van der Waals surface area contributed by atoms with Crippen LogP contribution in [0.4, 0.5) is 4.79 Å². The summed E-state index contributed by atoms with van der Waals surface area (Å²) in [6.45, 7) is 4.74. The Balaban J connectivity index is 1.67. The summed E-state index contributed by atoms with van der Waals surface area (Å²) in [7, 11) is 1.70. The van der Waals surface area contributed by atoms with Crippen LogP contribution in [0.1, 0.15) is 18.9 Å². The first-order chi connectivity index (χ1) is 12.1. The molecular weight excluding hydrogens is 318 g/mol. The summed E-state index contributed by atoms with van der Waals surface area (Å²) in [5, 5.41) is 0. The maximum Gasteiger partial charge on any atom is 0.392 e. The molecule has 3 amide bonds. The number of amides is 3. The van der Waals surface area contributed by atoms with Gasteiger partial charge in [0.1, 0.15) is 0 Å². The standard InChI is InChI=1S/C18H22N5O2/c1-3-9-23-16(24)14-15(20(2)18(23)25)19-17-21(10-11-22(14)17)12-13-7-5-4-6-8-13/h4-8,14H,3,9-12H2,1-2H3/q+1. The number of carbonyl (C=O) groups is 2. The molecule has 25 heavy (non-hydrogen) atoms. The van der Waals surface area contributed by atoms with Gasteiger partial charge in [-0.05, 0) is 12.0 Å². The second-order valence-corrected chi connectivity index (χ2v) is 6.60. The van der Waals surface area contributed by atoms with Gasteiger partial charge in [-0.1, -0.05) is 42.2 Å². The van der Waals surface area contributed by atoms with Crippen LogP contribution in [0, 0.1) is 0 Å². The summed E-state index contributed by atoms with van der Waals surface area (Å²) in [6.07, 6.45) is 0.751. The van der Waals surface area contributed by atoms with Crippen molar-refractivity contribution in [2.24, 2.45) is 4.99 Å². The van der Waals surface area contributed by atoms with Gasteiger partial charge in [-0.25, -0.2) is 9.69 Å². The minimum atomic E-state index is -0.468. The number of likely N-dealkylation sites (N-methyl/N-ethyl adjacent to an activating group) is 1. The Labute approximate surface area is 146 Å². The minimum Gasteiger partial charge on any atom is -0.270 e. The van der Waals surface area contributed by atoms with E-state index in [1.54, 1.807) is 7.05 Å². The third-order valence-electron chi connectivity index (χ3n) is 4.95. The van der Waals surface area contributed by atoms with Crippen molar-refractivity contribution in [2.45, 2.75) is 25.9 Å². The monoisotopic (exact) mass is 340 g/mol. The predicted octanol–water partition coefficient (Wildman–Crippen LogP) is 0.955. The quantitative estimate of drug-likeness (QED) is 0.767. The van der Waals surface area contributed by atoms with Gasteiger partial charge >= 0.3 is 12.0 Å². The summed E-state index contributed by atoms with van der Waals surface area (Å²) in [6, 6.07) is 9.46. The molecule has 1 unspecified atom stereocenters. The van der Waals surface area contributed by atoms with Crippen molar-refractivity contribution in [3.05, 3.63) is 35.9 Å². The molecular formula is C18H22N5O2+. The smallest absolute Gasteiger partial charge is 0.270 e. The third kappa shape index (κ3) is 2.42. The first-order valence-electron chi connectivity index (χ1n) is 8.72. The summed E-state index contributed by atoms with van der Waals surface area (Å²) in [4.78, 5) is 34.9. The highest BCUT2D eigenvalue weighted by Crippen LogP contribution is 2.26. The number of hydrogen-bond acceptors (Lipinski definition) is 4. The number of rotatable bonds is 4. The van der Waals surface area contributed by atoms with Crippen LogP contribution in [0.3, 0.4) is 0 Å². The van der Waals surface area contributed by atoms with Crippen LogP contribution >= 0.6 is 0 Å². The first kappa shape index (κ1) is 15.8. The van der Waals surface area contributed by atoms with E-state index in [0.29, 0.717) is 12.4 Å². The normalized spacial score (nSPS) is 22.6. The van der Waals surface area contributed by atoms with Crippen LogP contribution in [0.15, 0.2) is 35.3 Å². The van der Waals surface area contributed by atoms with E-state index in [1.807, 2.05) is 30.0 Å². The van der Waals surface area contributed by atoms with E-state index < -0.39 is 6.04 Å². The van der Waals surface area contributed by atoms with Gasteiger partial charge in [-0.3, -0.25) is 19.2 Å². The van der Waals surface area contributed by atoms with Crippen LogP contribution in [0.5, 0.6) is 0 Å². The van der Waals surface area contributed by atoms with Crippen LogP contribution in [0.25, 0.3) is 0 Å².